The molecule has 1 aromatic heterocycles. The molecule has 0 fully saturated rings. The number of aryl methyl sites for hydroxylation is 1. The number of ether oxygens (including phenoxy) is 1. The van der Waals surface area contributed by atoms with E-state index in [0.717, 1.165) is 5.56 Å². The molecule has 3 rings (SSSR count). The number of rotatable bonds is 3. The smallest absolute Gasteiger partial charge is 0.291 e. The van der Waals surface area contributed by atoms with E-state index >= 15 is 0 Å². The van der Waals surface area contributed by atoms with E-state index in [1.807, 2.05) is 13.0 Å². The highest BCUT2D eigenvalue weighted by atomic mass is 35.5. The number of amides is 1. The zero-order valence-electron chi connectivity index (χ0n) is 13.1. The van der Waals surface area contributed by atoms with Crippen molar-refractivity contribution < 1.29 is 13.9 Å². The lowest BCUT2D eigenvalue weighted by molar-refractivity contribution is 0.0997. The van der Waals surface area contributed by atoms with Gasteiger partial charge in [-0.15, -0.1) is 0 Å². The summed E-state index contributed by atoms with van der Waals surface area (Å²) in [5.41, 5.74) is 1.29. The van der Waals surface area contributed by atoms with Gasteiger partial charge in [0, 0.05) is 11.1 Å². The van der Waals surface area contributed by atoms with Crippen LogP contribution >= 0.6 is 11.6 Å². The molecule has 122 valence electrons. The Morgan fingerprint density at radius 2 is 2.00 bits per heavy atom. The molecule has 0 spiro atoms. The molecule has 24 heavy (non-hydrogen) atoms. The van der Waals surface area contributed by atoms with Gasteiger partial charge in [-0.05, 0) is 36.8 Å². The number of benzene rings is 2. The molecule has 6 heteroatoms. The first-order chi connectivity index (χ1) is 11.5. The number of nitrogens with one attached hydrogen (secondary N) is 1. The number of carbonyl (C=O) groups is 1. The van der Waals surface area contributed by atoms with Gasteiger partial charge in [0.1, 0.15) is 11.3 Å². The molecule has 5 nitrogen and oxygen atoms in total. The van der Waals surface area contributed by atoms with Crippen molar-refractivity contribution in [3.05, 3.63) is 69.0 Å². The van der Waals surface area contributed by atoms with E-state index in [-0.39, 0.29) is 11.2 Å². The van der Waals surface area contributed by atoms with Crippen LogP contribution in [0.5, 0.6) is 5.75 Å². The quantitative estimate of drug-likeness (QED) is 0.780. The summed E-state index contributed by atoms with van der Waals surface area (Å²) < 4.78 is 10.8. The van der Waals surface area contributed by atoms with Crippen LogP contribution in [0.15, 0.2) is 51.7 Å². The normalized spacial score (nSPS) is 10.6. The van der Waals surface area contributed by atoms with Crippen LogP contribution in [-0.4, -0.2) is 13.0 Å². The first-order valence-electron chi connectivity index (χ1n) is 7.18. The van der Waals surface area contributed by atoms with E-state index in [9.17, 15) is 9.59 Å². The molecule has 0 aliphatic carbocycles. The monoisotopic (exact) mass is 343 g/mol. The summed E-state index contributed by atoms with van der Waals surface area (Å²) >= 11 is 5.95. The Balaban J connectivity index is 2.02. The number of halogens is 1. The maximum atomic E-state index is 12.5. The Bertz CT molecular complexity index is 994. The van der Waals surface area contributed by atoms with Crippen LogP contribution in [0.2, 0.25) is 5.02 Å². The van der Waals surface area contributed by atoms with Crippen molar-refractivity contribution in [2.45, 2.75) is 6.92 Å². The van der Waals surface area contributed by atoms with Crippen LogP contribution in [0.4, 0.5) is 5.69 Å². The van der Waals surface area contributed by atoms with Crippen LogP contribution < -0.4 is 15.5 Å². The molecule has 0 aliphatic heterocycles. The summed E-state index contributed by atoms with van der Waals surface area (Å²) in [6.45, 7) is 1.81. The van der Waals surface area contributed by atoms with Gasteiger partial charge in [0.2, 0.25) is 0 Å². The average molecular weight is 344 g/mol. The van der Waals surface area contributed by atoms with Crippen molar-refractivity contribution in [3.8, 4) is 5.75 Å². The lowest BCUT2D eigenvalue weighted by Crippen LogP contribution is -2.15. The molecular formula is C18H14ClNO4. The maximum Gasteiger partial charge on any atom is 0.291 e. The summed E-state index contributed by atoms with van der Waals surface area (Å²) in [5, 5.41) is 3.53. The lowest BCUT2D eigenvalue weighted by Gasteiger charge is -2.10. The van der Waals surface area contributed by atoms with Crippen molar-refractivity contribution in [3.63, 3.8) is 0 Å². The van der Waals surface area contributed by atoms with Crippen LogP contribution in [0.3, 0.4) is 0 Å². The molecule has 1 N–H and O–H groups in total. The number of methoxy groups -OCH3 is 1. The fourth-order valence-electron chi connectivity index (χ4n) is 2.39. The largest absolute Gasteiger partial charge is 0.495 e. The highest BCUT2D eigenvalue weighted by Gasteiger charge is 2.15. The van der Waals surface area contributed by atoms with Crippen LogP contribution in [0, 0.1) is 6.92 Å². The first-order valence-corrected chi connectivity index (χ1v) is 7.56. The zero-order chi connectivity index (χ0) is 17.3. The van der Waals surface area contributed by atoms with Gasteiger partial charge in [0.05, 0.1) is 18.2 Å². The number of hydrogen-bond donors (Lipinski definition) is 1. The summed E-state index contributed by atoms with van der Waals surface area (Å²) in [6, 6.07) is 11.3. The standard InChI is InChI=1S/C18H14ClNO4/c1-10-4-3-5-12-14(21)9-16(24-17(10)12)18(22)20-13-8-11(19)6-7-15(13)23-2/h3-9H,1-2H3,(H,20,22). The third kappa shape index (κ3) is 2.98. The SMILES string of the molecule is COc1ccc(Cl)cc1NC(=O)c1cc(=O)c2cccc(C)c2o1. The molecular weight excluding hydrogens is 330 g/mol. The number of fused-ring (bicyclic) bond motifs is 1. The fraction of sp³-hybridized carbons (Fsp3) is 0.111. The number of hydrogen-bond acceptors (Lipinski definition) is 4. The summed E-state index contributed by atoms with van der Waals surface area (Å²) in [4.78, 5) is 24.7. The van der Waals surface area contributed by atoms with Crippen molar-refractivity contribution in [2.24, 2.45) is 0 Å². The van der Waals surface area contributed by atoms with Crippen molar-refractivity contribution in [2.75, 3.05) is 12.4 Å². The highest BCUT2D eigenvalue weighted by Crippen LogP contribution is 2.28. The van der Waals surface area contributed by atoms with Gasteiger partial charge < -0.3 is 14.5 Å². The van der Waals surface area contributed by atoms with Gasteiger partial charge in [-0.1, -0.05) is 23.7 Å². The molecule has 0 atom stereocenters. The molecule has 0 aliphatic rings. The topological polar surface area (TPSA) is 68.5 Å². The van der Waals surface area contributed by atoms with Crippen LogP contribution in [0.25, 0.3) is 11.0 Å². The van der Waals surface area contributed by atoms with Gasteiger partial charge >= 0.3 is 0 Å². The minimum absolute atomic E-state index is 0.0798. The van der Waals surface area contributed by atoms with Crippen molar-refractivity contribution in [1.82, 2.24) is 0 Å². The summed E-state index contributed by atoms with van der Waals surface area (Å²) in [5.74, 6) is -0.186. The molecule has 1 amide bonds. The molecule has 0 radical (unpaired) electrons. The Morgan fingerprint density at radius 3 is 2.75 bits per heavy atom. The van der Waals surface area contributed by atoms with E-state index in [0.29, 0.717) is 27.4 Å². The highest BCUT2D eigenvalue weighted by molar-refractivity contribution is 6.31. The Labute approximate surface area is 142 Å². The van der Waals surface area contributed by atoms with Crippen LogP contribution in [0.1, 0.15) is 16.1 Å². The third-order valence-electron chi connectivity index (χ3n) is 3.59. The van der Waals surface area contributed by atoms with E-state index in [2.05, 4.69) is 5.32 Å². The Morgan fingerprint density at radius 1 is 1.21 bits per heavy atom. The van der Waals surface area contributed by atoms with Gasteiger partial charge in [0.15, 0.2) is 11.2 Å². The Kier molecular flexibility index (Phi) is 4.27. The molecule has 0 saturated carbocycles. The minimum atomic E-state index is -0.558. The third-order valence-corrected chi connectivity index (χ3v) is 3.82. The Hall–Kier alpha value is -2.79. The second-order valence-corrected chi connectivity index (χ2v) is 5.66. The average Bonchev–Trinajstić information content (AvgIpc) is 2.56. The number of anilines is 1. The van der Waals surface area contributed by atoms with E-state index in [1.54, 1.807) is 30.3 Å². The molecule has 2 aromatic carbocycles. The van der Waals surface area contributed by atoms with Gasteiger partial charge in [-0.3, -0.25) is 9.59 Å². The first kappa shape index (κ1) is 16.1. The fourth-order valence-corrected chi connectivity index (χ4v) is 2.56. The van der Waals surface area contributed by atoms with Gasteiger partial charge in [-0.25, -0.2) is 0 Å². The van der Waals surface area contributed by atoms with Crippen molar-refractivity contribution >= 4 is 34.2 Å². The predicted octanol–water partition coefficient (Wildman–Crippen LogP) is 4.02. The van der Waals surface area contributed by atoms with Gasteiger partial charge in [-0.2, -0.15) is 0 Å². The molecule has 0 bridgehead atoms. The van der Waals surface area contributed by atoms with E-state index in [4.69, 9.17) is 20.8 Å². The zero-order valence-corrected chi connectivity index (χ0v) is 13.8. The van der Waals surface area contributed by atoms with Gasteiger partial charge in [0.25, 0.3) is 5.91 Å². The van der Waals surface area contributed by atoms with Crippen LogP contribution in [-0.2, 0) is 0 Å². The van der Waals surface area contributed by atoms with E-state index in [1.165, 1.54) is 13.2 Å². The molecule has 0 unspecified atom stereocenters. The maximum absolute atomic E-state index is 12.5. The van der Waals surface area contributed by atoms with Crippen molar-refractivity contribution in [1.29, 1.82) is 0 Å². The lowest BCUT2D eigenvalue weighted by atomic mass is 10.1. The minimum Gasteiger partial charge on any atom is -0.495 e. The molecule has 0 saturated heterocycles. The van der Waals surface area contributed by atoms with E-state index < -0.39 is 5.91 Å². The summed E-state index contributed by atoms with van der Waals surface area (Å²) in [7, 11) is 1.48. The molecule has 1 heterocycles. The second-order valence-electron chi connectivity index (χ2n) is 5.23. The predicted molar refractivity (Wildman–Crippen MR) is 93.2 cm³/mol. The number of para-hydroxylation sites is 1. The summed E-state index contributed by atoms with van der Waals surface area (Å²) in [6.07, 6.45) is 0. The number of carbonyl (C=O) groups excluding carboxylic acids is 1. The second kappa shape index (κ2) is 6.37. The molecule has 3 aromatic rings.